The number of nitrogens with one attached hydrogen (secondary N) is 1. The van der Waals surface area contributed by atoms with Gasteiger partial charge in [0.2, 0.25) is 0 Å². The van der Waals surface area contributed by atoms with Crippen LogP contribution in [0, 0.1) is 0 Å². The summed E-state index contributed by atoms with van der Waals surface area (Å²) < 4.78 is 2.02. The minimum absolute atomic E-state index is 0.492. The Balaban J connectivity index is 2.55. The van der Waals surface area contributed by atoms with Gasteiger partial charge in [0.1, 0.15) is 5.82 Å². The number of nitrogen functional groups attached to an aromatic ring is 1. The van der Waals surface area contributed by atoms with Crippen molar-refractivity contribution in [2.24, 2.45) is 0 Å². The third kappa shape index (κ3) is 1.83. The molecule has 0 atom stereocenters. The van der Waals surface area contributed by atoms with E-state index in [9.17, 15) is 0 Å². The maximum Gasteiger partial charge on any atom is 0.145 e. The molecular weight excluding hydrogens is 310 g/mol. The molecule has 2 rings (SSSR count). The first-order chi connectivity index (χ1) is 6.66. The number of hydrogen-bond donors (Lipinski definition) is 2. The molecule has 0 amide bonds. The molecule has 72 valence electrons. The molecule has 1 heterocycles. The van der Waals surface area contributed by atoms with Crippen molar-refractivity contribution in [3.8, 4) is 11.3 Å². The van der Waals surface area contributed by atoms with Gasteiger partial charge in [-0.05, 0) is 18.2 Å². The lowest BCUT2D eigenvalue weighted by molar-refractivity contribution is 1.10. The second-order valence-electron chi connectivity index (χ2n) is 2.83. The van der Waals surface area contributed by atoms with Gasteiger partial charge in [0.25, 0.3) is 0 Å². The Hall–Kier alpha value is -0.810. The van der Waals surface area contributed by atoms with Crippen LogP contribution in [0.25, 0.3) is 11.3 Å². The van der Waals surface area contributed by atoms with E-state index in [0.29, 0.717) is 5.82 Å². The van der Waals surface area contributed by atoms with Gasteiger partial charge in [-0.2, -0.15) is 5.10 Å². The first-order valence-corrected chi connectivity index (χ1v) is 5.52. The zero-order chi connectivity index (χ0) is 10.1. The van der Waals surface area contributed by atoms with E-state index in [-0.39, 0.29) is 0 Å². The topological polar surface area (TPSA) is 54.7 Å². The second kappa shape index (κ2) is 3.74. The minimum Gasteiger partial charge on any atom is -0.382 e. The molecule has 0 radical (unpaired) electrons. The van der Waals surface area contributed by atoms with Crippen molar-refractivity contribution in [1.29, 1.82) is 0 Å². The van der Waals surface area contributed by atoms with Gasteiger partial charge < -0.3 is 5.73 Å². The molecule has 0 aliphatic heterocycles. The van der Waals surface area contributed by atoms with E-state index in [1.54, 1.807) is 6.07 Å². The van der Waals surface area contributed by atoms with E-state index in [1.165, 1.54) is 0 Å². The van der Waals surface area contributed by atoms with E-state index >= 15 is 0 Å². The van der Waals surface area contributed by atoms with Crippen molar-refractivity contribution in [2.75, 3.05) is 5.73 Å². The fraction of sp³-hybridized carbons (Fsp3) is 0. The lowest BCUT2D eigenvalue weighted by Gasteiger charge is -2.01. The van der Waals surface area contributed by atoms with Crippen molar-refractivity contribution in [3.63, 3.8) is 0 Å². The van der Waals surface area contributed by atoms with Crippen LogP contribution >= 0.6 is 31.9 Å². The highest BCUT2D eigenvalue weighted by atomic mass is 79.9. The Bertz CT molecular complexity index is 465. The van der Waals surface area contributed by atoms with Gasteiger partial charge in [-0.25, -0.2) is 0 Å². The standard InChI is InChI=1S/C9H7Br2N3/c10-5-1-2-7(11)6(3-5)8-4-9(12)14-13-8/h1-4H,(H3,12,13,14). The molecule has 2 aromatic rings. The molecule has 3 N–H and O–H groups in total. The normalized spacial score (nSPS) is 10.4. The Morgan fingerprint density at radius 2 is 2.00 bits per heavy atom. The predicted molar refractivity (Wildman–Crippen MR) is 63.8 cm³/mol. The molecule has 1 aromatic carbocycles. The number of nitrogens with zero attached hydrogens (tertiary/aromatic N) is 1. The van der Waals surface area contributed by atoms with E-state index in [2.05, 4.69) is 42.1 Å². The molecule has 0 saturated carbocycles. The molecule has 0 fully saturated rings. The Labute approximate surface area is 98.0 Å². The van der Waals surface area contributed by atoms with Crippen LogP contribution in [0.2, 0.25) is 0 Å². The van der Waals surface area contributed by atoms with Gasteiger partial charge in [0, 0.05) is 20.6 Å². The highest BCUT2D eigenvalue weighted by Gasteiger charge is 2.06. The first kappa shape index (κ1) is 9.73. The van der Waals surface area contributed by atoms with Crippen LogP contribution in [0.3, 0.4) is 0 Å². The van der Waals surface area contributed by atoms with Crippen LogP contribution in [0.15, 0.2) is 33.2 Å². The molecule has 0 aliphatic rings. The summed E-state index contributed by atoms with van der Waals surface area (Å²) in [6, 6.07) is 7.73. The number of hydrogen-bond acceptors (Lipinski definition) is 2. The Morgan fingerprint density at radius 1 is 1.21 bits per heavy atom. The number of aromatic amines is 1. The van der Waals surface area contributed by atoms with Gasteiger partial charge in [0.15, 0.2) is 0 Å². The maximum absolute atomic E-state index is 5.53. The summed E-state index contributed by atoms with van der Waals surface area (Å²) >= 11 is 6.88. The van der Waals surface area contributed by atoms with Crippen LogP contribution < -0.4 is 5.73 Å². The number of halogens is 2. The van der Waals surface area contributed by atoms with Crippen LogP contribution in [0.4, 0.5) is 5.82 Å². The first-order valence-electron chi connectivity index (χ1n) is 3.93. The summed E-state index contributed by atoms with van der Waals surface area (Å²) in [6.45, 7) is 0. The zero-order valence-corrected chi connectivity index (χ0v) is 10.3. The SMILES string of the molecule is Nc1cc(-c2cc(Br)ccc2Br)[nH]n1. The van der Waals surface area contributed by atoms with Gasteiger partial charge in [-0.3, -0.25) is 5.10 Å². The summed E-state index contributed by atoms with van der Waals surface area (Å²) in [7, 11) is 0. The average Bonchev–Trinajstić information content (AvgIpc) is 2.56. The molecule has 0 saturated heterocycles. The molecule has 0 spiro atoms. The van der Waals surface area contributed by atoms with E-state index in [0.717, 1.165) is 20.2 Å². The highest BCUT2D eigenvalue weighted by molar-refractivity contribution is 9.11. The third-order valence-corrected chi connectivity index (χ3v) is 3.00. The van der Waals surface area contributed by atoms with Crippen LogP contribution in [0.1, 0.15) is 0 Å². The smallest absolute Gasteiger partial charge is 0.145 e. The molecule has 14 heavy (non-hydrogen) atoms. The predicted octanol–water partition coefficient (Wildman–Crippen LogP) is 3.18. The summed E-state index contributed by atoms with van der Waals surface area (Å²) in [4.78, 5) is 0. The van der Waals surface area contributed by atoms with Crippen molar-refractivity contribution < 1.29 is 0 Å². The summed E-state index contributed by atoms with van der Waals surface area (Å²) in [6.07, 6.45) is 0. The van der Waals surface area contributed by atoms with Crippen molar-refractivity contribution in [3.05, 3.63) is 33.2 Å². The maximum atomic E-state index is 5.53. The van der Waals surface area contributed by atoms with Crippen molar-refractivity contribution in [2.45, 2.75) is 0 Å². The van der Waals surface area contributed by atoms with Crippen molar-refractivity contribution in [1.82, 2.24) is 10.2 Å². The number of H-pyrrole nitrogens is 1. The summed E-state index contributed by atoms with van der Waals surface area (Å²) in [5, 5.41) is 6.74. The molecule has 3 nitrogen and oxygen atoms in total. The number of nitrogens with two attached hydrogens (primary N) is 1. The molecular formula is C9H7Br2N3. The molecule has 0 aliphatic carbocycles. The highest BCUT2D eigenvalue weighted by Crippen LogP contribution is 2.30. The molecule has 5 heteroatoms. The van der Waals surface area contributed by atoms with Gasteiger partial charge in [-0.1, -0.05) is 31.9 Å². The summed E-state index contributed by atoms with van der Waals surface area (Å²) in [5.41, 5.74) is 7.46. The van der Waals surface area contributed by atoms with Crippen molar-refractivity contribution >= 4 is 37.7 Å². The molecule has 0 unspecified atom stereocenters. The Morgan fingerprint density at radius 3 is 2.64 bits per heavy atom. The minimum atomic E-state index is 0.492. The van der Waals surface area contributed by atoms with Gasteiger partial charge in [-0.15, -0.1) is 0 Å². The monoisotopic (exact) mass is 315 g/mol. The quantitative estimate of drug-likeness (QED) is 0.849. The van der Waals surface area contributed by atoms with Crippen LogP contribution in [-0.4, -0.2) is 10.2 Å². The van der Waals surface area contributed by atoms with E-state index < -0.39 is 0 Å². The average molecular weight is 317 g/mol. The lowest BCUT2D eigenvalue weighted by Crippen LogP contribution is -1.81. The zero-order valence-electron chi connectivity index (χ0n) is 7.09. The second-order valence-corrected chi connectivity index (χ2v) is 4.60. The fourth-order valence-electron chi connectivity index (χ4n) is 1.18. The number of aromatic nitrogens is 2. The molecule has 1 aromatic heterocycles. The number of anilines is 1. The van der Waals surface area contributed by atoms with Gasteiger partial charge in [0.05, 0.1) is 5.69 Å². The van der Waals surface area contributed by atoms with Crippen LogP contribution in [-0.2, 0) is 0 Å². The van der Waals surface area contributed by atoms with E-state index in [4.69, 9.17) is 5.73 Å². The fourth-order valence-corrected chi connectivity index (χ4v) is 2.00. The molecule has 0 bridgehead atoms. The van der Waals surface area contributed by atoms with E-state index in [1.807, 2.05) is 18.2 Å². The summed E-state index contributed by atoms with van der Waals surface area (Å²) in [5.74, 6) is 0.492. The number of benzene rings is 1. The van der Waals surface area contributed by atoms with Gasteiger partial charge >= 0.3 is 0 Å². The largest absolute Gasteiger partial charge is 0.382 e. The van der Waals surface area contributed by atoms with Crippen LogP contribution in [0.5, 0.6) is 0 Å². The third-order valence-electron chi connectivity index (χ3n) is 1.82. The Kier molecular flexibility index (Phi) is 2.60. The number of rotatable bonds is 1. The lowest BCUT2D eigenvalue weighted by atomic mass is 10.1.